The van der Waals surface area contributed by atoms with Crippen LogP contribution in [0.2, 0.25) is 10.0 Å². The van der Waals surface area contributed by atoms with Crippen LogP contribution in [0, 0.1) is 6.92 Å². The van der Waals surface area contributed by atoms with Gasteiger partial charge in [0.05, 0.1) is 21.5 Å². The maximum atomic E-state index is 5.97. The summed E-state index contributed by atoms with van der Waals surface area (Å²) in [5, 5.41) is 9.90. The molecule has 19 heavy (non-hydrogen) atoms. The van der Waals surface area contributed by atoms with Crippen LogP contribution in [0.3, 0.4) is 0 Å². The highest BCUT2D eigenvalue weighted by molar-refractivity contribution is 7.99. The molecule has 0 bridgehead atoms. The summed E-state index contributed by atoms with van der Waals surface area (Å²) < 4.78 is 1.81. The molecule has 2 heterocycles. The second kappa shape index (κ2) is 5.03. The van der Waals surface area contributed by atoms with Crippen molar-refractivity contribution in [2.45, 2.75) is 12.1 Å². The van der Waals surface area contributed by atoms with Gasteiger partial charge in [-0.25, -0.2) is 9.67 Å². The number of nitrogens with zero attached hydrogens (tertiary/aromatic N) is 4. The number of aromatic nitrogens is 3. The number of hydrogen-bond acceptors (Lipinski definition) is 4. The lowest BCUT2D eigenvalue weighted by molar-refractivity contribution is 0.801. The molecule has 0 fully saturated rings. The van der Waals surface area contributed by atoms with Crippen molar-refractivity contribution in [2.75, 3.05) is 11.2 Å². The Kier molecular flexibility index (Phi) is 3.38. The predicted octanol–water partition coefficient (Wildman–Crippen LogP) is 3.27. The predicted molar refractivity (Wildman–Crippen MR) is 78.4 cm³/mol. The van der Waals surface area contributed by atoms with E-state index in [4.69, 9.17) is 23.2 Å². The summed E-state index contributed by atoms with van der Waals surface area (Å²) in [7, 11) is 0. The van der Waals surface area contributed by atoms with E-state index in [2.05, 4.69) is 20.6 Å². The molecule has 0 saturated carbocycles. The van der Waals surface area contributed by atoms with Crippen LogP contribution in [0.15, 0.2) is 28.3 Å². The monoisotopic (exact) mass is 313 g/mol. The Balaban J connectivity index is 1.89. The van der Waals surface area contributed by atoms with Crippen LogP contribution in [0.4, 0.5) is 5.69 Å². The molecule has 0 aliphatic carbocycles. The zero-order chi connectivity index (χ0) is 13.4. The Morgan fingerprint density at radius 3 is 2.95 bits per heavy atom. The van der Waals surface area contributed by atoms with E-state index in [9.17, 15) is 0 Å². The van der Waals surface area contributed by atoms with E-state index >= 15 is 0 Å². The number of halogens is 2. The van der Waals surface area contributed by atoms with Crippen molar-refractivity contribution in [1.29, 1.82) is 0 Å². The summed E-state index contributed by atoms with van der Waals surface area (Å²) in [6.07, 6.45) is 0. The minimum absolute atomic E-state index is 0.494. The molecule has 5 nitrogen and oxygen atoms in total. The minimum atomic E-state index is 0.494. The van der Waals surface area contributed by atoms with E-state index in [0.717, 1.165) is 22.5 Å². The quantitative estimate of drug-likeness (QED) is 0.878. The van der Waals surface area contributed by atoms with Crippen LogP contribution in [0.25, 0.3) is 0 Å². The van der Waals surface area contributed by atoms with Crippen molar-refractivity contribution in [2.24, 2.45) is 4.99 Å². The largest absolute Gasteiger partial charge is 0.277 e. The first-order chi connectivity index (χ1) is 9.13. The number of benzene rings is 1. The van der Waals surface area contributed by atoms with Gasteiger partial charge in [0.25, 0.3) is 0 Å². The molecule has 0 radical (unpaired) electrons. The zero-order valence-corrected chi connectivity index (χ0v) is 12.2. The fourth-order valence-corrected chi connectivity index (χ4v) is 2.72. The molecule has 98 valence electrons. The molecule has 1 aromatic heterocycles. The highest BCUT2D eigenvalue weighted by Gasteiger charge is 2.17. The molecule has 0 amide bonds. The van der Waals surface area contributed by atoms with Crippen molar-refractivity contribution >= 4 is 46.5 Å². The lowest BCUT2D eigenvalue weighted by atomic mass is 10.3. The first-order valence-electron chi connectivity index (χ1n) is 5.48. The Labute approximate surface area is 124 Å². The third kappa shape index (κ3) is 2.56. The van der Waals surface area contributed by atoms with Gasteiger partial charge in [0.15, 0.2) is 0 Å². The highest BCUT2D eigenvalue weighted by atomic mass is 35.5. The SMILES string of the molecule is Cc1nnc2n1NC(=Nc1ccc(Cl)c(Cl)c1)CS2. The van der Waals surface area contributed by atoms with Gasteiger partial charge < -0.3 is 0 Å². The molecular formula is C11H9Cl2N5S. The number of thioether (sulfide) groups is 1. The molecule has 1 aliphatic rings. The van der Waals surface area contributed by atoms with E-state index in [1.165, 1.54) is 0 Å². The zero-order valence-electron chi connectivity index (χ0n) is 9.89. The number of fused-ring (bicyclic) bond motifs is 1. The third-order valence-corrected chi connectivity index (χ3v) is 4.22. The molecule has 0 saturated heterocycles. The van der Waals surface area contributed by atoms with E-state index < -0.39 is 0 Å². The first-order valence-corrected chi connectivity index (χ1v) is 7.22. The molecule has 0 spiro atoms. The van der Waals surface area contributed by atoms with Gasteiger partial charge in [-0.3, -0.25) is 5.43 Å². The Morgan fingerprint density at radius 2 is 2.16 bits per heavy atom. The fraction of sp³-hybridized carbons (Fsp3) is 0.182. The summed E-state index contributed by atoms with van der Waals surface area (Å²) in [4.78, 5) is 4.50. The number of amidine groups is 1. The third-order valence-electron chi connectivity index (χ3n) is 2.54. The van der Waals surface area contributed by atoms with Crippen LogP contribution < -0.4 is 5.43 Å². The number of aryl methyl sites for hydroxylation is 1. The van der Waals surface area contributed by atoms with Crippen LogP contribution in [0.5, 0.6) is 0 Å². The number of aliphatic imine (C=N–C) groups is 1. The van der Waals surface area contributed by atoms with Gasteiger partial charge >= 0.3 is 0 Å². The minimum Gasteiger partial charge on any atom is -0.277 e. The molecule has 1 aromatic carbocycles. The number of hydrogen-bond donors (Lipinski definition) is 1. The average Bonchev–Trinajstić information content (AvgIpc) is 2.76. The standard InChI is InChI=1S/C11H9Cl2N5S/c1-6-15-16-11-18(6)17-10(5-19-11)14-7-2-3-8(12)9(13)4-7/h2-4H,5H2,1H3,(H,14,17). The van der Waals surface area contributed by atoms with E-state index in [1.807, 2.05) is 17.7 Å². The number of rotatable bonds is 1. The molecule has 8 heteroatoms. The summed E-state index contributed by atoms with van der Waals surface area (Å²) in [5.41, 5.74) is 3.93. The highest BCUT2D eigenvalue weighted by Crippen LogP contribution is 2.27. The van der Waals surface area contributed by atoms with Gasteiger partial charge in [-0.1, -0.05) is 35.0 Å². The summed E-state index contributed by atoms with van der Waals surface area (Å²) in [5.74, 6) is 2.32. The van der Waals surface area contributed by atoms with Crippen LogP contribution in [-0.4, -0.2) is 26.5 Å². The molecular weight excluding hydrogens is 305 g/mol. The van der Waals surface area contributed by atoms with Crippen LogP contribution in [-0.2, 0) is 0 Å². The maximum absolute atomic E-state index is 5.97. The second-order valence-corrected chi connectivity index (χ2v) is 5.68. The average molecular weight is 314 g/mol. The van der Waals surface area contributed by atoms with Gasteiger partial charge in [0.1, 0.15) is 11.7 Å². The van der Waals surface area contributed by atoms with Crippen molar-refractivity contribution in [1.82, 2.24) is 14.9 Å². The summed E-state index contributed by atoms with van der Waals surface area (Å²) in [6.45, 7) is 1.88. The molecule has 0 unspecified atom stereocenters. The van der Waals surface area contributed by atoms with Crippen molar-refractivity contribution < 1.29 is 0 Å². The van der Waals surface area contributed by atoms with Gasteiger partial charge in [0, 0.05) is 0 Å². The van der Waals surface area contributed by atoms with Crippen molar-refractivity contribution in [3.05, 3.63) is 34.1 Å². The maximum Gasteiger partial charge on any atom is 0.210 e. The first kappa shape index (κ1) is 12.8. The summed E-state index contributed by atoms with van der Waals surface area (Å²) in [6, 6.07) is 5.29. The second-order valence-electron chi connectivity index (χ2n) is 3.92. The fourth-order valence-electron chi connectivity index (χ4n) is 1.63. The van der Waals surface area contributed by atoms with Gasteiger partial charge in [-0.15, -0.1) is 10.2 Å². The Bertz CT molecular complexity index is 667. The van der Waals surface area contributed by atoms with E-state index in [1.54, 1.807) is 23.9 Å². The number of nitrogens with one attached hydrogen (secondary N) is 1. The van der Waals surface area contributed by atoms with Crippen molar-refractivity contribution in [3.8, 4) is 0 Å². The topological polar surface area (TPSA) is 55.1 Å². The van der Waals surface area contributed by atoms with Crippen LogP contribution in [0.1, 0.15) is 5.82 Å². The van der Waals surface area contributed by atoms with Gasteiger partial charge in [0.2, 0.25) is 5.16 Å². The van der Waals surface area contributed by atoms with E-state index in [0.29, 0.717) is 15.8 Å². The smallest absolute Gasteiger partial charge is 0.210 e. The molecule has 1 N–H and O–H groups in total. The molecule has 1 aliphatic heterocycles. The van der Waals surface area contributed by atoms with Gasteiger partial charge in [-0.05, 0) is 25.1 Å². The van der Waals surface area contributed by atoms with E-state index in [-0.39, 0.29) is 0 Å². The molecule has 3 rings (SSSR count). The van der Waals surface area contributed by atoms with Crippen molar-refractivity contribution in [3.63, 3.8) is 0 Å². The van der Waals surface area contributed by atoms with Crippen LogP contribution >= 0.6 is 35.0 Å². The van der Waals surface area contributed by atoms with Gasteiger partial charge in [-0.2, -0.15) is 0 Å². The molecule has 0 atom stereocenters. The Hall–Kier alpha value is -1.24. The molecule has 2 aromatic rings. The summed E-state index contributed by atoms with van der Waals surface area (Å²) >= 11 is 13.4. The lowest BCUT2D eigenvalue weighted by Crippen LogP contribution is -2.30. The normalized spacial score (nSPS) is 16.3. The Morgan fingerprint density at radius 1 is 1.32 bits per heavy atom. The lowest BCUT2D eigenvalue weighted by Gasteiger charge is -2.17.